The molecule has 0 bridgehead atoms. The molecule has 0 aromatic heterocycles. The van der Waals surface area contributed by atoms with Crippen LogP contribution in [-0.2, 0) is 9.59 Å². The quantitative estimate of drug-likeness (QED) is 0.386. The van der Waals surface area contributed by atoms with Gasteiger partial charge < -0.3 is 5.32 Å². The van der Waals surface area contributed by atoms with Crippen LogP contribution in [0.15, 0.2) is 82.2 Å². The molecule has 0 unspecified atom stereocenters. The molecule has 168 valence electrons. The molecule has 2 amide bonds. The predicted octanol–water partition coefficient (Wildman–Crippen LogP) is 7.07. The summed E-state index contributed by atoms with van der Waals surface area (Å²) in [5, 5.41) is 3.84. The summed E-state index contributed by atoms with van der Waals surface area (Å²) in [6.07, 6.45) is 0. The number of rotatable bonds is 6. The average Bonchev–Trinajstić information content (AvgIpc) is 3.01. The summed E-state index contributed by atoms with van der Waals surface area (Å²) in [6, 6.07) is 20.9. The summed E-state index contributed by atoms with van der Waals surface area (Å²) >= 11 is 7.29. The van der Waals surface area contributed by atoms with Crippen LogP contribution in [-0.4, -0.2) is 11.8 Å². The zero-order valence-electron chi connectivity index (χ0n) is 19.0. The van der Waals surface area contributed by atoms with Gasteiger partial charge in [-0.15, -0.1) is 0 Å². The summed E-state index contributed by atoms with van der Waals surface area (Å²) in [7, 11) is 0. The van der Waals surface area contributed by atoms with E-state index in [9.17, 15) is 9.59 Å². The number of halogens is 1. The maximum absolute atomic E-state index is 13.6. The topological polar surface area (TPSA) is 49.4 Å². The highest BCUT2D eigenvalue weighted by Gasteiger charge is 2.40. The van der Waals surface area contributed by atoms with Crippen LogP contribution in [0.25, 0.3) is 0 Å². The van der Waals surface area contributed by atoms with Gasteiger partial charge in [0.15, 0.2) is 0 Å². The fourth-order valence-corrected chi connectivity index (χ4v) is 4.66. The first-order valence-electron chi connectivity index (χ1n) is 10.8. The lowest BCUT2D eigenvalue weighted by atomic mass is 10.0. The summed E-state index contributed by atoms with van der Waals surface area (Å²) < 4.78 is 0. The molecule has 1 aliphatic heterocycles. The summed E-state index contributed by atoms with van der Waals surface area (Å²) in [4.78, 5) is 29.6. The van der Waals surface area contributed by atoms with E-state index >= 15 is 0 Å². The van der Waals surface area contributed by atoms with Crippen molar-refractivity contribution in [2.75, 3.05) is 10.2 Å². The van der Waals surface area contributed by atoms with Crippen LogP contribution >= 0.6 is 23.4 Å². The summed E-state index contributed by atoms with van der Waals surface area (Å²) in [5.74, 6) is -0.295. The van der Waals surface area contributed by atoms with Crippen LogP contribution in [0.5, 0.6) is 0 Å². The van der Waals surface area contributed by atoms with E-state index in [2.05, 4.69) is 19.2 Å². The standard InChI is InChI=1S/C27H25ClN2O2S/c1-16(2)19-7-11-21(12-8-19)29-24-25(33-22-13-9-20(28)10-14-22)27(32)30(26(24)31)23-15-17(3)5-6-18(23)4/h5-16,29H,1-4H3. The van der Waals surface area contributed by atoms with Gasteiger partial charge in [-0.2, -0.15) is 0 Å². The van der Waals surface area contributed by atoms with Crippen molar-refractivity contribution in [2.45, 2.75) is 38.5 Å². The third-order valence-electron chi connectivity index (χ3n) is 5.53. The third kappa shape index (κ3) is 4.85. The minimum Gasteiger partial charge on any atom is -0.350 e. The molecule has 3 aromatic rings. The van der Waals surface area contributed by atoms with Gasteiger partial charge in [-0.1, -0.05) is 61.5 Å². The lowest BCUT2D eigenvalue weighted by Gasteiger charge is -2.18. The van der Waals surface area contributed by atoms with Gasteiger partial charge in [0.25, 0.3) is 11.8 Å². The van der Waals surface area contributed by atoms with E-state index in [0.717, 1.165) is 21.7 Å². The molecule has 33 heavy (non-hydrogen) atoms. The van der Waals surface area contributed by atoms with Gasteiger partial charge in [0.2, 0.25) is 0 Å². The van der Waals surface area contributed by atoms with Gasteiger partial charge in [0.05, 0.1) is 5.69 Å². The fourth-order valence-electron chi connectivity index (χ4n) is 3.61. The predicted molar refractivity (Wildman–Crippen MR) is 137 cm³/mol. The number of anilines is 2. The lowest BCUT2D eigenvalue weighted by Crippen LogP contribution is -2.33. The van der Waals surface area contributed by atoms with Crippen molar-refractivity contribution >= 4 is 46.6 Å². The second-order valence-electron chi connectivity index (χ2n) is 8.40. The number of benzene rings is 3. The van der Waals surface area contributed by atoms with E-state index in [-0.39, 0.29) is 17.5 Å². The third-order valence-corrected chi connectivity index (χ3v) is 6.87. The number of imide groups is 1. The van der Waals surface area contributed by atoms with Gasteiger partial charge in [-0.3, -0.25) is 9.59 Å². The van der Waals surface area contributed by atoms with E-state index in [1.807, 2.05) is 68.4 Å². The number of carbonyl (C=O) groups is 2. The summed E-state index contributed by atoms with van der Waals surface area (Å²) in [5.41, 5.74) is 4.68. The number of amides is 2. The van der Waals surface area contributed by atoms with Crippen LogP contribution in [0.2, 0.25) is 5.02 Å². The van der Waals surface area contributed by atoms with Crippen LogP contribution in [0.4, 0.5) is 11.4 Å². The molecule has 0 fully saturated rings. The van der Waals surface area contributed by atoms with Crippen molar-refractivity contribution in [3.63, 3.8) is 0 Å². The van der Waals surface area contributed by atoms with Gasteiger partial charge >= 0.3 is 0 Å². The molecule has 0 saturated carbocycles. The number of aryl methyl sites for hydroxylation is 2. The maximum atomic E-state index is 13.6. The Hall–Kier alpha value is -3.02. The van der Waals surface area contributed by atoms with Gasteiger partial charge in [0, 0.05) is 15.6 Å². The second-order valence-corrected chi connectivity index (χ2v) is 9.92. The highest BCUT2D eigenvalue weighted by molar-refractivity contribution is 8.04. The maximum Gasteiger partial charge on any atom is 0.283 e. The number of hydrogen-bond donors (Lipinski definition) is 1. The zero-order valence-corrected chi connectivity index (χ0v) is 20.6. The Morgan fingerprint density at radius 3 is 2.18 bits per heavy atom. The molecular formula is C27H25ClN2O2S. The van der Waals surface area contributed by atoms with E-state index in [4.69, 9.17) is 11.6 Å². The number of thioether (sulfide) groups is 1. The second kappa shape index (κ2) is 9.46. The molecule has 1 heterocycles. The number of hydrogen-bond acceptors (Lipinski definition) is 4. The first-order chi connectivity index (χ1) is 15.7. The smallest absolute Gasteiger partial charge is 0.283 e. The summed E-state index contributed by atoms with van der Waals surface area (Å²) in [6.45, 7) is 8.11. The molecule has 4 rings (SSSR count). The van der Waals surface area contributed by atoms with E-state index < -0.39 is 0 Å². The SMILES string of the molecule is Cc1ccc(C)c(N2C(=O)C(Nc3ccc(C(C)C)cc3)=C(Sc3ccc(Cl)cc3)C2=O)c1. The molecule has 0 aliphatic carbocycles. The molecule has 0 atom stereocenters. The zero-order chi connectivity index (χ0) is 23.7. The molecule has 6 heteroatoms. The Bertz CT molecular complexity index is 1250. The van der Waals surface area contributed by atoms with Crippen molar-refractivity contribution in [1.82, 2.24) is 0 Å². The van der Waals surface area contributed by atoms with E-state index in [1.54, 1.807) is 12.1 Å². The van der Waals surface area contributed by atoms with Gasteiger partial charge in [0.1, 0.15) is 10.6 Å². The molecule has 0 radical (unpaired) electrons. The minimum atomic E-state index is -0.363. The van der Waals surface area contributed by atoms with Crippen LogP contribution in [0.3, 0.4) is 0 Å². The van der Waals surface area contributed by atoms with Crippen LogP contribution in [0, 0.1) is 13.8 Å². The molecule has 0 saturated heterocycles. The Labute approximate surface area is 203 Å². The Kier molecular flexibility index (Phi) is 6.63. The molecular weight excluding hydrogens is 452 g/mol. The van der Waals surface area contributed by atoms with Crippen molar-refractivity contribution < 1.29 is 9.59 Å². The molecule has 0 spiro atoms. The molecule has 1 aliphatic rings. The first-order valence-corrected chi connectivity index (χ1v) is 11.9. The van der Waals surface area contributed by atoms with Crippen LogP contribution in [0.1, 0.15) is 36.5 Å². The van der Waals surface area contributed by atoms with Crippen molar-refractivity contribution in [3.8, 4) is 0 Å². The normalized spacial score (nSPS) is 13.9. The Morgan fingerprint density at radius 1 is 0.879 bits per heavy atom. The van der Waals surface area contributed by atoms with Gasteiger partial charge in [-0.25, -0.2) is 4.90 Å². The van der Waals surface area contributed by atoms with Gasteiger partial charge in [-0.05, 0) is 78.9 Å². The molecule has 1 N–H and O–H groups in total. The minimum absolute atomic E-state index is 0.276. The van der Waals surface area contributed by atoms with Crippen LogP contribution < -0.4 is 10.2 Å². The number of nitrogens with zero attached hydrogens (tertiary/aromatic N) is 1. The molecule has 3 aromatic carbocycles. The lowest BCUT2D eigenvalue weighted by molar-refractivity contribution is -0.120. The fraction of sp³-hybridized carbons (Fsp3) is 0.185. The van der Waals surface area contributed by atoms with Crippen molar-refractivity contribution in [3.05, 3.63) is 99.0 Å². The molecule has 4 nitrogen and oxygen atoms in total. The van der Waals surface area contributed by atoms with Crippen molar-refractivity contribution in [2.24, 2.45) is 0 Å². The van der Waals surface area contributed by atoms with E-state index in [0.29, 0.717) is 21.5 Å². The van der Waals surface area contributed by atoms with E-state index in [1.165, 1.54) is 22.2 Å². The monoisotopic (exact) mass is 476 g/mol. The highest BCUT2D eigenvalue weighted by atomic mass is 35.5. The highest BCUT2D eigenvalue weighted by Crippen LogP contribution is 2.39. The largest absolute Gasteiger partial charge is 0.350 e. The Morgan fingerprint density at radius 2 is 1.55 bits per heavy atom. The Balaban J connectivity index is 1.74. The van der Waals surface area contributed by atoms with Crippen molar-refractivity contribution in [1.29, 1.82) is 0 Å². The first kappa shape index (κ1) is 23.1. The number of carbonyl (C=O) groups excluding carboxylic acids is 2. The number of nitrogens with one attached hydrogen (secondary N) is 1. The average molecular weight is 477 g/mol.